The van der Waals surface area contributed by atoms with Crippen molar-refractivity contribution >= 4 is 11.6 Å². The molecule has 0 aliphatic carbocycles. The van der Waals surface area contributed by atoms with Crippen molar-refractivity contribution < 1.29 is 9.53 Å². The topological polar surface area (TPSA) is 41.6 Å². The van der Waals surface area contributed by atoms with Crippen LogP contribution in [0.5, 0.6) is 0 Å². The lowest BCUT2D eigenvalue weighted by atomic mass is 10.1. The van der Waals surface area contributed by atoms with Crippen LogP contribution in [-0.4, -0.2) is 37.1 Å². The average Bonchev–Trinajstić information content (AvgIpc) is 2.59. The van der Waals surface area contributed by atoms with Crippen molar-refractivity contribution in [2.75, 3.05) is 31.6 Å². The van der Waals surface area contributed by atoms with Crippen molar-refractivity contribution in [2.45, 2.75) is 20.4 Å². The number of hydrogen-bond acceptors (Lipinski definition) is 3. The van der Waals surface area contributed by atoms with Crippen LogP contribution in [0, 0.1) is 13.8 Å². The molecule has 126 valence electrons. The van der Waals surface area contributed by atoms with Gasteiger partial charge in [-0.25, -0.2) is 0 Å². The van der Waals surface area contributed by atoms with Gasteiger partial charge in [0.05, 0.1) is 13.2 Å². The zero-order valence-electron chi connectivity index (χ0n) is 14.3. The predicted octanol–water partition coefficient (Wildman–Crippen LogP) is 3.39. The minimum atomic E-state index is -0.0590. The molecular formula is C20H24N2O2. The highest BCUT2D eigenvalue weighted by molar-refractivity contribution is 6.05. The Kier molecular flexibility index (Phi) is 5.28. The number of morpholine rings is 1. The van der Waals surface area contributed by atoms with Crippen LogP contribution in [-0.2, 0) is 11.3 Å². The van der Waals surface area contributed by atoms with Crippen LogP contribution >= 0.6 is 0 Å². The molecule has 1 amide bonds. The molecule has 0 unspecified atom stereocenters. The molecule has 4 nitrogen and oxygen atoms in total. The Hall–Kier alpha value is -2.17. The van der Waals surface area contributed by atoms with E-state index in [0.29, 0.717) is 5.56 Å². The number of carbonyl (C=O) groups excluding carboxylic acids is 1. The number of ether oxygens (including phenoxy) is 1. The van der Waals surface area contributed by atoms with Crippen molar-refractivity contribution in [1.29, 1.82) is 0 Å². The number of hydrogen-bond donors (Lipinski definition) is 1. The van der Waals surface area contributed by atoms with Gasteiger partial charge in [0.2, 0.25) is 0 Å². The second-order valence-electron chi connectivity index (χ2n) is 6.31. The van der Waals surface area contributed by atoms with Crippen LogP contribution in [0.1, 0.15) is 27.0 Å². The van der Waals surface area contributed by atoms with Crippen molar-refractivity contribution in [1.82, 2.24) is 4.90 Å². The molecule has 1 fully saturated rings. The molecule has 0 spiro atoms. The lowest BCUT2D eigenvalue weighted by Crippen LogP contribution is -2.35. The van der Waals surface area contributed by atoms with Gasteiger partial charge in [-0.1, -0.05) is 30.3 Å². The summed E-state index contributed by atoms with van der Waals surface area (Å²) >= 11 is 0. The van der Waals surface area contributed by atoms with Gasteiger partial charge in [-0.3, -0.25) is 9.69 Å². The molecule has 24 heavy (non-hydrogen) atoms. The van der Waals surface area contributed by atoms with Crippen molar-refractivity contribution in [3.8, 4) is 0 Å². The molecule has 0 bridgehead atoms. The molecule has 0 atom stereocenters. The van der Waals surface area contributed by atoms with E-state index in [1.807, 2.05) is 50.2 Å². The lowest BCUT2D eigenvalue weighted by molar-refractivity contribution is 0.0342. The number of nitrogens with zero attached hydrogens (tertiary/aromatic N) is 1. The Bertz CT molecular complexity index is 701. The predicted molar refractivity (Wildman–Crippen MR) is 96.4 cm³/mol. The summed E-state index contributed by atoms with van der Waals surface area (Å²) in [5.74, 6) is -0.0590. The summed E-state index contributed by atoms with van der Waals surface area (Å²) in [6.45, 7) is 8.33. The number of aryl methyl sites for hydroxylation is 2. The number of carbonyl (C=O) groups is 1. The molecule has 1 aliphatic rings. The fourth-order valence-electron chi connectivity index (χ4n) is 3.03. The number of para-hydroxylation sites is 1. The summed E-state index contributed by atoms with van der Waals surface area (Å²) in [5, 5.41) is 3.05. The monoisotopic (exact) mass is 324 g/mol. The summed E-state index contributed by atoms with van der Waals surface area (Å²) in [6.07, 6.45) is 0. The van der Waals surface area contributed by atoms with Crippen LogP contribution in [0.4, 0.5) is 5.69 Å². The van der Waals surface area contributed by atoms with Crippen LogP contribution in [0.25, 0.3) is 0 Å². The van der Waals surface area contributed by atoms with Gasteiger partial charge < -0.3 is 10.1 Å². The summed E-state index contributed by atoms with van der Waals surface area (Å²) in [6, 6.07) is 13.9. The fourth-order valence-corrected chi connectivity index (χ4v) is 3.03. The summed E-state index contributed by atoms with van der Waals surface area (Å²) in [7, 11) is 0. The maximum absolute atomic E-state index is 12.6. The highest BCUT2D eigenvalue weighted by atomic mass is 16.5. The van der Waals surface area contributed by atoms with E-state index in [9.17, 15) is 4.79 Å². The van der Waals surface area contributed by atoms with E-state index in [2.05, 4.69) is 16.3 Å². The Morgan fingerprint density at radius 2 is 1.75 bits per heavy atom. The summed E-state index contributed by atoms with van der Waals surface area (Å²) < 4.78 is 5.38. The SMILES string of the molecule is Cc1cccc(C)c1NC(=O)c1cccc(CN2CCOCC2)c1. The van der Waals surface area contributed by atoms with Gasteiger partial charge >= 0.3 is 0 Å². The number of anilines is 1. The number of nitrogens with one attached hydrogen (secondary N) is 1. The first-order chi connectivity index (χ1) is 11.6. The van der Waals surface area contributed by atoms with Crippen molar-refractivity contribution in [3.05, 3.63) is 64.7 Å². The Morgan fingerprint density at radius 1 is 1.08 bits per heavy atom. The van der Waals surface area contributed by atoms with Crippen molar-refractivity contribution in [3.63, 3.8) is 0 Å². The Morgan fingerprint density at radius 3 is 2.46 bits per heavy atom. The third-order valence-electron chi connectivity index (χ3n) is 4.42. The van der Waals surface area contributed by atoms with Crippen LogP contribution in [0.2, 0.25) is 0 Å². The molecule has 1 heterocycles. The number of benzene rings is 2. The Balaban J connectivity index is 1.72. The van der Waals surface area contributed by atoms with E-state index < -0.39 is 0 Å². The fraction of sp³-hybridized carbons (Fsp3) is 0.350. The maximum Gasteiger partial charge on any atom is 0.255 e. The summed E-state index contributed by atoms with van der Waals surface area (Å²) in [4.78, 5) is 15.0. The quantitative estimate of drug-likeness (QED) is 0.937. The van der Waals surface area contributed by atoms with Gasteiger partial charge in [0.1, 0.15) is 0 Å². The van der Waals surface area contributed by atoms with E-state index in [0.717, 1.165) is 55.2 Å². The van der Waals surface area contributed by atoms with Gasteiger partial charge in [0, 0.05) is 30.9 Å². The molecular weight excluding hydrogens is 300 g/mol. The highest BCUT2D eigenvalue weighted by Crippen LogP contribution is 2.20. The maximum atomic E-state index is 12.6. The van der Waals surface area contributed by atoms with Gasteiger partial charge in [-0.05, 0) is 42.7 Å². The molecule has 3 rings (SSSR count). The minimum absolute atomic E-state index is 0.0590. The second kappa shape index (κ2) is 7.60. The second-order valence-corrected chi connectivity index (χ2v) is 6.31. The molecule has 2 aromatic rings. The third kappa shape index (κ3) is 4.02. The molecule has 4 heteroatoms. The zero-order chi connectivity index (χ0) is 16.9. The molecule has 2 aromatic carbocycles. The minimum Gasteiger partial charge on any atom is -0.379 e. The smallest absolute Gasteiger partial charge is 0.255 e. The van der Waals surface area contributed by atoms with Gasteiger partial charge in [0.25, 0.3) is 5.91 Å². The van der Waals surface area contributed by atoms with E-state index in [4.69, 9.17) is 4.74 Å². The first-order valence-electron chi connectivity index (χ1n) is 8.40. The third-order valence-corrected chi connectivity index (χ3v) is 4.42. The molecule has 0 saturated carbocycles. The zero-order valence-corrected chi connectivity index (χ0v) is 14.3. The molecule has 1 aliphatic heterocycles. The van der Waals surface area contributed by atoms with E-state index >= 15 is 0 Å². The molecule has 0 aromatic heterocycles. The summed E-state index contributed by atoms with van der Waals surface area (Å²) in [5.41, 5.74) is 4.91. The average molecular weight is 324 g/mol. The van der Waals surface area contributed by atoms with Crippen LogP contribution in [0.3, 0.4) is 0 Å². The molecule has 0 radical (unpaired) electrons. The lowest BCUT2D eigenvalue weighted by Gasteiger charge is -2.26. The van der Waals surface area contributed by atoms with Gasteiger partial charge in [-0.2, -0.15) is 0 Å². The number of amides is 1. The first kappa shape index (κ1) is 16.7. The highest BCUT2D eigenvalue weighted by Gasteiger charge is 2.13. The number of rotatable bonds is 4. The molecule has 1 N–H and O–H groups in total. The van der Waals surface area contributed by atoms with E-state index in [1.165, 1.54) is 0 Å². The normalized spacial score (nSPS) is 15.2. The first-order valence-corrected chi connectivity index (χ1v) is 8.40. The Labute approximate surface area is 143 Å². The van der Waals surface area contributed by atoms with Gasteiger partial charge in [-0.15, -0.1) is 0 Å². The van der Waals surface area contributed by atoms with E-state index in [-0.39, 0.29) is 5.91 Å². The molecule has 1 saturated heterocycles. The largest absolute Gasteiger partial charge is 0.379 e. The van der Waals surface area contributed by atoms with Crippen LogP contribution < -0.4 is 5.32 Å². The van der Waals surface area contributed by atoms with Gasteiger partial charge in [0.15, 0.2) is 0 Å². The van der Waals surface area contributed by atoms with Crippen molar-refractivity contribution in [2.24, 2.45) is 0 Å². The van der Waals surface area contributed by atoms with Crippen LogP contribution in [0.15, 0.2) is 42.5 Å². The van der Waals surface area contributed by atoms with E-state index in [1.54, 1.807) is 0 Å². The standard InChI is InChI=1S/C20H24N2O2/c1-15-5-3-6-16(2)19(15)21-20(23)18-8-4-7-17(13-18)14-22-9-11-24-12-10-22/h3-8,13H,9-12,14H2,1-2H3,(H,21,23).